The molecule has 25 heavy (non-hydrogen) atoms. The second-order valence-corrected chi connectivity index (χ2v) is 5.01. The van der Waals surface area contributed by atoms with Gasteiger partial charge in [0.2, 0.25) is 5.88 Å². The van der Waals surface area contributed by atoms with Gasteiger partial charge < -0.3 is 14.8 Å². The largest absolute Gasteiger partial charge is 0.496 e. The molecule has 1 heterocycles. The van der Waals surface area contributed by atoms with Crippen molar-refractivity contribution in [1.29, 1.82) is 0 Å². The molecule has 0 fully saturated rings. The van der Waals surface area contributed by atoms with Crippen LogP contribution < -0.4 is 4.74 Å². The number of fused-ring (bicyclic) bond motifs is 1. The highest BCUT2D eigenvalue weighted by Crippen LogP contribution is 2.37. The SMILES string of the molecule is COc1ccccc1C(=O)N=Nc1c(O)[nH]c2ccc([N+](=O)[O-])cc12. The summed E-state index contributed by atoms with van der Waals surface area (Å²) in [4.78, 5) is 25.2. The number of rotatable bonds is 4. The lowest BCUT2D eigenvalue weighted by molar-refractivity contribution is -0.384. The van der Waals surface area contributed by atoms with Crippen LogP contribution in [0.15, 0.2) is 52.7 Å². The molecule has 2 N–H and O–H groups in total. The Morgan fingerprint density at radius 3 is 2.76 bits per heavy atom. The summed E-state index contributed by atoms with van der Waals surface area (Å²) in [5.74, 6) is -0.672. The predicted molar refractivity (Wildman–Crippen MR) is 88.5 cm³/mol. The smallest absolute Gasteiger partial charge is 0.299 e. The molecule has 0 unspecified atom stereocenters. The summed E-state index contributed by atoms with van der Waals surface area (Å²) in [6, 6.07) is 10.5. The van der Waals surface area contributed by atoms with Gasteiger partial charge in [-0.1, -0.05) is 12.1 Å². The molecular formula is C16H12N4O5. The lowest BCUT2D eigenvalue weighted by atomic mass is 10.2. The zero-order valence-electron chi connectivity index (χ0n) is 13.0. The van der Waals surface area contributed by atoms with Crippen molar-refractivity contribution in [3.05, 3.63) is 58.1 Å². The number of azo groups is 1. The molecule has 3 aromatic rings. The van der Waals surface area contributed by atoms with Crippen LogP contribution in [0.25, 0.3) is 10.9 Å². The van der Waals surface area contributed by atoms with Gasteiger partial charge in [0.15, 0.2) is 5.69 Å². The lowest BCUT2D eigenvalue weighted by Crippen LogP contribution is -1.97. The van der Waals surface area contributed by atoms with Crippen molar-refractivity contribution >= 4 is 28.2 Å². The van der Waals surface area contributed by atoms with E-state index in [1.165, 1.54) is 31.4 Å². The number of aromatic nitrogens is 1. The van der Waals surface area contributed by atoms with Crippen LogP contribution in [0.1, 0.15) is 10.4 Å². The molecule has 126 valence electrons. The molecule has 9 heteroatoms. The maximum Gasteiger partial charge on any atom is 0.299 e. The summed E-state index contributed by atoms with van der Waals surface area (Å²) in [7, 11) is 1.42. The quantitative estimate of drug-likeness (QED) is 0.424. The Morgan fingerprint density at radius 1 is 1.28 bits per heavy atom. The molecule has 2 aromatic carbocycles. The maximum atomic E-state index is 12.2. The first-order chi connectivity index (χ1) is 12.0. The van der Waals surface area contributed by atoms with Crippen molar-refractivity contribution in [1.82, 2.24) is 4.98 Å². The van der Waals surface area contributed by atoms with Gasteiger partial charge in [0.05, 0.1) is 23.1 Å². The predicted octanol–water partition coefficient (Wildman–Crippen LogP) is 3.71. The molecule has 0 aliphatic carbocycles. The third-order valence-electron chi connectivity index (χ3n) is 3.52. The van der Waals surface area contributed by atoms with Crippen LogP contribution in [0.2, 0.25) is 0 Å². The molecule has 0 saturated carbocycles. The number of benzene rings is 2. The van der Waals surface area contributed by atoms with Gasteiger partial charge in [-0.3, -0.25) is 14.9 Å². The van der Waals surface area contributed by atoms with Gasteiger partial charge in [-0.15, -0.1) is 10.2 Å². The number of nitrogens with one attached hydrogen (secondary N) is 1. The number of ether oxygens (including phenoxy) is 1. The van der Waals surface area contributed by atoms with Crippen molar-refractivity contribution in [2.24, 2.45) is 10.2 Å². The summed E-state index contributed by atoms with van der Waals surface area (Å²) in [5, 5.41) is 28.5. The van der Waals surface area contributed by atoms with Crippen LogP contribution in [0.5, 0.6) is 11.6 Å². The number of aromatic amines is 1. The first-order valence-electron chi connectivity index (χ1n) is 7.09. The Kier molecular flexibility index (Phi) is 4.12. The number of nitro benzene ring substituents is 1. The number of carbonyl (C=O) groups excluding carboxylic acids is 1. The van der Waals surface area contributed by atoms with E-state index in [0.29, 0.717) is 11.3 Å². The second-order valence-electron chi connectivity index (χ2n) is 5.01. The van der Waals surface area contributed by atoms with Crippen molar-refractivity contribution in [2.75, 3.05) is 7.11 Å². The van der Waals surface area contributed by atoms with E-state index in [4.69, 9.17) is 4.74 Å². The number of para-hydroxylation sites is 1. The van der Waals surface area contributed by atoms with Crippen molar-refractivity contribution in [3.8, 4) is 11.6 Å². The van der Waals surface area contributed by atoms with Gasteiger partial charge in [0.1, 0.15) is 5.75 Å². The molecule has 0 spiro atoms. The van der Waals surface area contributed by atoms with Crippen LogP contribution in [0.4, 0.5) is 11.4 Å². The van der Waals surface area contributed by atoms with Gasteiger partial charge in [-0.25, -0.2) is 0 Å². The van der Waals surface area contributed by atoms with E-state index in [2.05, 4.69) is 15.2 Å². The van der Waals surface area contributed by atoms with Crippen LogP contribution in [0.3, 0.4) is 0 Å². The Bertz CT molecular complexity index is 1010. The van der Waals surface area contributed by atoms with Gasteiger partial charge in [0.25, 0.3) is 11.6 Å². The number of amides is 1. The minimum Gasteiger partial charge on any atom is -0.496 e. The molecule has 0 aliphatic rings. The highest BCUT2D eigenvalue weighted by Gasteiger charge is 2.16. The monoisotopic (exact) mass is 340 g/mol. The summed E-state index contributed by atoms with van der Waals surface area (Å²) in [6.45, 7) is 0. The number of H-pyrrole nitrogens is 1. The van der Waals surface area contributed by atoms with Crippen LogP contribution in [0, 0.1) is 10.1 Å². The topological polar surface area (TPSA) is 130 Å². The molecule has 3 rings (SSSR count). The number of hydrogen-bond acceptors (Lipinski definition) is 6. The van der Waals surface area contributed by atoms with Crippen LogP contribution >= 0.6 is 0 Å². The number of carbonyl (C=O) groups is 1. The fraction of sp³-hybridized carbons (Fsp3) is 0.0625. The first kappa shape index (κ1) is 16.1. The van der Waals surface area contributed by atoms with Crippen molar-refractivity contribution in [3.63, 3.8) is 0 Å². The molecule has 1 amide bonds. The molecule has 1 aromatic heterocycles. The Hall–Kier alpha value is -3.75. The molecule has 0 bridgehead atoms. The number of non-ortho nitro benzene ring substituents is 1. The molecule has 0 radical (unpaired) electrons. The van der Waals surface area contributed by atoms with E-state index in [1.807, 2.05) is 0 Å². The molecule has 0 atom stereocenters. The number of hydrogen-bond donors (Lipinski definition) is 2. The minimum absolute atomic E-state index is 0.0538. The van der Waals surface area contributed by atoms with E-state index < -0.39 is 10.8 Å². The van der Waals surface area contributed by atoms with Crippen molar-refractivity contribution < 1.29 is 19.6 Å². The molecular weight excluding hydrogens is 328 g/mol. The fourth-order valence-corrected chi connectivity index (χ4v) is 2.34. The lowest BCUT2D eigenvalue weighted by Gasteiger charge is -2.03. The molecule has 9 nitrogen and oxygen atoms in total. The van der Waals surface area contributed by atoms with E-state index >= 15 is 0 Å². The maximum absolute atomic E-state index is 12.2. The number of nitrogens with zero attached hydrogens (tertiary/aromatic N) is 3. The summed E-state index contributed by atoms with van der Waals surface area (Å²) in [5.41, 5.74) is 0.418. The Labute approximate surface area is 140 Å². The third kappa shape index (κ3) is 3.02. The van der Waals surface area contributed by atoms with Gasteiger partial charge >= 0.3 is 0 Å². The average Bonchev–Trinajstić information content (AvgIpc) is 2.93. The Balaban J connectivity index is 2.00. The normalized spacial score (nSPS) is 11.1. The van der Waals surface area contributed by atoms with Crippen LogP contribution in [-0.2, 0) is 0 Å². The highest BCUT2D eigenvalue weighted by atomic mass is 16.6. The second kappa shape index (κ2) is 6.40. The molecule has 0 saturated heterocycles. The minimum atomic E-state index is -0.670. The zero-order chi connectivity index (χ0) is 18.0. The van der Waals surface area contributed by atoms with E-state index in [0.717, 1.165) is 0 Å². The van der Waals surface area contributed by atoms with Crippen LogP contribution in [-0.4, -0.2) is 28.0 Å². The molecule has 0 aliphatic heterocycles. The average molecular weight is 340 g/mol. The van der Waals surface area contributed by atoms with Gasteiger partial charge in [-0.2, -0.15) is 0 Å². The van der Waals surface area contributed by atoms with Crippen molar-refractivity contribution in [2.45, 2.75) is 0 Å². The Morgan fingerprint density at radius 2 is 2.04 bits per heavy atom. The summed E-state index contributed by atoms with van der Waals surface area (Å²) >= 11 is 0. The zero-order valence-corrected chi connectivity index (χ0v) is 13.0. The van der Waals surface area contributed by atoms with Gasteiger partial charge in [-0.05, 0) is 18.2 Å². The fourth-order valence-electron chi connectivity index (χ4n) is 2.34. The summed E-state index contributed by atoms with van der Waals surface area (Å²) in [6.07, 6.45) is 0. The van der Waals surface area contributed by atoms with E-state index in [-0.39, 0.29) is 28.2 Å². The summed E-state index contributed by atoms with van der Waals surface area (Å²) < 4.78 is 5.09. The number of aromatic hydroxyl groups is 1. The third-order valence-corrected chi connectivity index (χ3v) is 3.52. The highest BCUT2D eigenvalue weighted by molar-refractivity contribution is 5.99. The van der Waals surface area contributed by atoms with Gasteiger partial charge in [0, 0.05) is 17.5 Å². The van der Waals surface area contributed by atoms with E-state index in [1.54, 1.807) is 18.2 Å². The number of methoxy groups -OCH3 is 1. The van der Waals surface area contributed by atoms with E-state index in [9.17, 15) is 20.0 Å². The first-order valence-corrected chi connectivity index (χ1v) is 7.09. The number of nitro groups is 1. The standard InChI is InChI=1S/C16H12N4O5/c1-25-13-5-3-2-4-10(13)15(21)19-18-14-11-8-9(20(23)24)6-7-12(11)17-16(14)22/h2-8,17,22H,1H3.